The molecular formula is C29H23ClN6O2S. The predicted octanol–water partition coefficient (Wildman–Crippen LogP) is 6.35. The van der Waals surface area contributed by atoms with Gasteiger partial charge in [-0.15, -0.1) is 11.3 Å². The lowest BCUT2D eigenvalue weighted by Crippen LogP contribution is -2.07. The smallest absolute Gasteiger partial charge is 0.310 e. The van der Waals surface area contributed by atoms with Gasteiger partial charge in [0.1, 0.15) is 21.7 Å². The second-order valence-corrected chi connectivity index (χ2v) is 10.7. The van der Waals surface area contributed by atoms with Crippen LogP contribution in [0.4, 0.5) is 0 Å². The Kier molecular flexibility index (Phi) is 6.32. The molecule has 10 heteroatoms. The van der Waals surface area contributed by atoms with Crippen molar-refractivity contribution < 1.29 is 9.53 Å². The quantitative estimate of drug-likeness (QED) is 0.229. The molecule has 0 amide bonds. The number of thiazole rings is 1. The summed E-state index contributed by atoms with van der Waals surface area (Å²) >= 11 is 7.75. The van der Waals surface area contributed by atoms with Crippen LogP contribution in [0.1, 0.15) is 16.8 Å². The number of hydrogen-bond acceptors (Lipinski definition) is 8. The van der Waals surface area contributed by atoms with Gasteiger partial charge in [-0.05, 0) is 60.9 Å². The zero-order valence-corrected chi connectivity index (χ0v) is 23.3. The summed E-state index contributed by atoms with van der Waals surface area (Å²) in [5.41, 5.74) is 8.73. The van der Waals surface area contributed by atoms with Gasteiger partial charge in [0.25, 0.3) is 0 Å². The molecule has 0 spiro atoms. The van der Waals surface area contributed by atoms with E-state index in [0.29, 0.717) is 16.5 Å². The first-order valence-electron chi connectivity index (χ1n) is 12.2. The largest absolute Gasteiger partial charge is 0.469 e. The van der Waals surface area contributed by atoms with E-state index >= 15 is 0 Å². The number of fused-ring (bicyclic) bond motifs is 2. The summed E-state index contributed by atoms with van der Waals surface area (Å²) in [7, 11) is 3.28. The van der Waals surface area contributed by atoms with Gasteiger partial charge in [0.15, 0.2) is 5.82 Å². The number of carbonyl (C=O) groups is 1. The lowest BCUT2D eigenvalue weighted by Gasteiger charge is -2.13. The van der Waals surface area contributed by atoms with E-state index in [-0.39, 0.29) is 12.4 Å². The van der Waals surface area contributed by atoms with Crippen molar-refractivity contribution in [2.45, 2.75) is 20.3 Å². The number of methoxy groups -OCH3 is 1. The van der Waals surface area contributed by atoms with E-state index in [0.717, 1.165) is 59.8 Å². The molecule has 4 heterocycles. The number of benzene rings is 2. The highest BCUT2D eigenvalue weighted by atomic mass is 35.5. The molecule has 0 unspecified atom stereocenters. The average molecular weight is 555 g/mol. The SMILES string of the molecule is COC(=O)Cc1c(C)cc2nc(-c3ccnc(-c4ncc5c(n4)c(C)nn5C)c3)sc2c1-c1ccc(Cl)cc1. The summed E-state index contributed by atoms with van der Waals surface area (Å²) in [6.45, 7) is 3.92. The number of rotatable bonds is 5. The maximum absolute atomic E-state index is 12.3. The van der Waals surface area contributed by atoms with Gasteiger partial charge in [-0.3, -0.25) is 14.5 Å². The number of nitrogens with zero attached hydrogens (tertiary/aromatic N) is 6. The lowest BCUT2D eigenvalue weighted by molar-refractivity contribution is -0.139. The molecular weight excluding hydrogens is 532 g/mol. The van der Waals surface area contributed by atoms with Crippen LogP contribution in [-0.2, 0) is 23.0 Å². The van der Waals surface area contributed by atoms with Crippen LogP contribution in [0.15, 0.2) is 54.9 Å². The van der Waals surface area contributed by atoms with Crippen LogP contribution in [0.2, 0.25) is 5.02 Å². The van der Waals surface area contributed by atoms with E-state index in [9.17, 15) is 4.79 Å². The number of aromatic nitrogens is 6. The highest BCUT2D eigenvalue weighted by molar-refractivity contribution is 7.22. The molecule has 4 aromatic heterocycles. The fraction of sp³-hybridized carbons (Fsp3) is 0.172. The normalized spacial score (nSPS) is 11.4. The Balaban J connectivity index is 1.49. The Morgan fingerprint density at radius 3 is 2.62 bits per heavy atom. The van der Waals surface area contributed by atoms with Crippen LogP contribution in [0.25, 0.3) is 54.5 Å². The van der Waals surface area contributed by atoms with Gasteiger partial charge >= 0.3 is 5.97 Å². The van der Waals surface area contributed by atoms with Crippen molar-refractivity contribution in [3.8, 4) is 33.2 Å². The van der Waals surface area contributed by atoms with Gasteiger partial charge in [-0.1, -0.05) is 23.7 Å². The minimum Gasteiger partial charge on any atom is -0.469 e. The summed E-state index contributed by atoms with van der Waals surface area (Å²) in [6.07, 6.45) is 3.68. The summed E-state index contributed by atoms with van der Waals surface area (Å²) in [5.74, 6) is 0.233. The first-order chi connectivity index (χ1) is 18.8. The summed E-state index contributed by atoms with van der Waals surface area (Å²) in [6, 6.07) is 13.5. The fourth-order valence-electron chi connectivity index (χ4n) is 4.74. The first-order valence-corrected chi connectivity index (χ1v) is 13.4. The zero-order valence-electron chi connectivity index (χ0n) is 21.7. The minimum atomic E-state index is -0.294. The van der Waals surface area contributed by atoms with Gasteiger partial charge in [0, 0.05) is 29.4 Å². The molecule has 39 heavy (non-hydrogen) atoms. The predicted molar refractivity (Wildman–Crippen MR) is 154 cm³/mol. The first kappa shape index (κ1) is 25.1. The van der Waals surface area contributed by atoms with Gasteiger partial charge < -0.3 is 4.74 Å². The Morgan fingerprint density at radius 2 is 1.85 bits per heavy atom. The Labute approximate surface area is 233 Å². The van der Waals surface area contributed by atoms with E-state index in [1.54, 1.807) is 28.4 Å². The molecule has 194 valence electrons. The molecule has 0 aliphatic carbocycles. The van der Waals surface area contributed by atoms with Gasteiger partial charge in [-0.2, -0.15) is 5.10 Å². The number of aryl methyl sites for hydroxylation is 3. The third kappa shape index (κ3) is 4.53. The van der Waals surface area contributed by atoms with Crippen LogP contribution < -0.4 is 0 Å². The van der Waals surface area contributed by atoms with Crippen molar-refractivity contribution in [2.24, 2.45) is 7.05 Å². The third-order valence-corrected chi connectivity index (χ3v) is 8.08. The molecule has 0 N–H and O–H groups in total. The fourth-order valence-corrected chi connectivity index (χ4v) is 6.00. The van der Waals surface area contributed by atoms with Crippen LogP contribution >= 0.6 is 22.9 Å². The second-order valence-electron chi connectivity index (χ2n) is 9.24. The standard InChI is InChI=1S/C29H23ClN6O2S/c1-15-11-21-27(25(20(15)13-24(37)38-4)17-5-7-19(30)8-6-17)39-29(33-21)18-9-10-31-22(12-18)28-32-14-23-26(34-28)16(2)35-36(23)3/h5-12,14H,13H2,1-4H3. The maximum Gasteiger partial charge on any atom is 0.310 e. The molecule has 0 bridgehead atoms. The molecule has 0 aliphatic rings. The lowest BCUT2D eigenvalue weighted by atomic mass is 9.93. The molecule has 8 nitrogen and oxygen atoms in total. The van der Waals surface area contributed by atoms with Crippen molar-refractivity contribution in [3.05, 3.63) is 76.7 Å². The number of esters is 1. The summed E-state index contributed by atoms with van der Waals surface area (Å²) in [4.78, 5) is 31.1. The van der Waals surface area contributed by atoms with Crippen molar-refractivity contribution in [3.63, 3.8) is 0 Å². The molecule has 0 radical (unpaired) electrons. The highest BCUT2D eigenvalue weighted by Crippen LogP contribution is 2.41. The summed E-state index contributed by atoms with van der Waals surface area (Å²) < 4.78 is 7.76. The second kappa shape index (κ2) is 9.83. The van der Waals surface area contributed by atoms with E-state index in [1.807, 2.05) is 63.4 Å². The number of pyridine rings is 1. The van der Waals surface area contributed by atoms with E-state index in [4.69, 9.17) is 26.3 Å². The van der Waals surface area contributed by atoms with Crippen molar-refractivity contribution in [2.75, 3.05) is 7.11 Å². The number of carbonyl (C=O) groups excluding carboxylic acids is 1. The number of ether oxygens (including phenoxy) is 1. The van der Waals surface area contributed by atoms with Crippen molar-refractivity contribution in [1.29, 1.82) is 0 Å². The van der Waals surface area contributed by atoms with Gasteiger partial charge in [0.05, 0.1) is 35.6 Å². The molecule has 6 aromatic rings. The van der Waals surface area contributed by atoms with Crippen molar-refractivity contribution >= 4 is 50.2 Å². The molecule has 0 saturated heterocycles. The van der Waals surface area contributed by atoms with Crippen LogP contribution in [0.3, 0.4) is 0 Å². The Hall–Kier alpha value is -4.21. The van der Waals surface area contributed by atoms with Crippen LogP contribution in [0, 0.1) is 13.8 Å². The average Bonchev–Trinajstić information content (AvgIpc) is 3.49. The van der Waals surface area contributed by atoms with E-state index < -0.39 is 0 Å². The van der Waals surface area contributed by atoms with Gasteiger partial charge in [0.2, 0.25) is 0 Å². The van der Waals surface area contributed by atoms with Gasteiger partial charge in [-0.25, -0.2) is 15.0 Å². The highest BCUT2D eigenvalue weighted by Gasteiger charge is 2.20. The van der Waals surface area contributed by atoms with Crippen molar-refractivity contribution in [1.82, 2.24) is 29.7 Å². The van der Waals surface area contributed by atoms with Crippen LogP contribution in [0.5, 0.6) is 0 Å². The molecule has 0 saturated carbocycles. The van der Waals surface area contributed by atoms with E-state index in [2.05, 4.69) is 15.1 Å². The summed E-state index contributed by atoms with van der Waals surface area (Å²) in [5, 5.41) is 5.92. The topological polar surface area (TPSA) is 95.7 Å². The number of halogens is 1. The minimum absolute atomic E-state index is 0.163. The number of hydrogen-bond donors (Lipinski definition) is 0. The molecule has 6 rings (SSSR count). The monoisotopic (exact) mass is 554 g/mol. The maximum atomic E-state index is 12.3. The molecule has 0 atom stereocenters. The Morgan fingerprint density at radius 1 is 1.05 bits per heavy atom. The molecule has 0 aliphatic heterocycles. The molecule has 0 fully saturated rings. The molecule has 2 aromatic carbocycles. The van der Waals surface area contributed by atoms with Crippen LogP contribution in [-0.4, -0.2) is 42.8 Å². The zero-order chi connectivity index (χ0) is 27.3. The van der Waals surface area contributed by atoms with E-state index in [1.165, 1.54) is 7.11 Å². The third-order valence-electron chi connectivity index (χ3n) is 6.69. The Bertz CT molecular complexity index is 1890.